The van der Waals surface area contributed by atoms with Crippen LogP contribution in [0, 0.1) is 0 Å². The summed E-state index contributed by atoms with van der Waals surface area (Å²) < 4.78 is 26.6. The van der Waals surface area contributed by atoms with Crippen molar-refractivity contribution in [3.63, 3.8) is 0 Å². The molecule has 1 aromatic rings. The molecule has 0 aliphatic heterocycles. The van der Waals surface area contributed by atoms with Gasteiger partial charge in [-0.05, 0) is 51.0 Å². The molecule has 0 fully saturated rings. The molecule has 0 saturated heterocycles. The van der Waals surface area contributed by atoms with Gasteiger partial charge in [0, 0.05) is 31.4 Å². The third kappa shape index (κ3) is 5.30. The summed E-state index contributed by atoms with van der Waals surface area (Å²) in [7, 11) is -3.41. The number of hydrogen-bond acceptors (Lipinski definition) is 4. The van der Waals surface area contributed by atoms with Gasteiger partial charge in [-0.2, -0.15) is 0 Å². The quantitative estimate of drug-likeness (QED) is 0.731. The fraction of sp³-hybridized carbons (Fsp3) is 0.600. The first kappa shape index (κ1) is 17.9. The fourth-order valence-corrected chi connectivity index (χ4v) is 3.20. The maximum Gasteiger partial charge on any atom is 0.240 e. The highest BCUT2D eigenvalue weighted by Gasteiger charge is 2.15. The van der Waals surface area contributed by atoms with E-state index in [2.05, 4.69) is 23.5 Å². The smallest absolute Gasteiger partial charge is 0.240 e. The summed E-state index contributed by atoms with van der Waals surface area (Å²) in [5.74, 6) is 0. The summed E-state index contributed by atoms with van der Waals surface area (Å²) in [5, 5.41) is 8.96. The minimum absolute atomic E-state index is 0.149. The van der Waals surface area contributed by atoms with E-state index in [1.54, 1.807) is 12.1 Å². The third-order valence-electron chi connectivity index (χ3n) is 3.20. The minimum atomic E-state index is -3.41. The van der Waals surface area contributed by atoms with Crippen molar-refractivity contribution in [2.45, 2.75) is 44.6 Å². The second-order valence-corrected chi connectivity index (χ2v) is 7.02. The average Bonchev–Trinajstić information content (AvgIpc) is 2.46. The van der Waals surface area contributed by atoms with E-state index in [1.807, 2.05) is 19.1 Å². The molecule has 6 heteroatoms. The van der Waals surface area contributed by atoms with Gasteiger partial charge in [-0.15, -0.1) is 0 Å². The van der Waals surface area contributed by atoms with Gasteiger partial charge in [0.2, 0.25) is 10.0 Å². The number of aliphatic hydroxyl groups excluding tert-OH is 1. The van der Waals surface area contributed by atoms with Crippen LogP contribution in [0.25, 0.3) is 0 Å². The molecule has 2 N–H and O–H groups in total. The van der Waals surface area contributed by atoms with E-state index < -0.39 is 10.0 Å². The monoisotopic (exact) mass is 314 g/mol. The predicted octanol–water partition coefficient (Wildman–Crippen LogP) is 1.97. The molecule has 0 heterocycles. The van der Waals surface area contributed by atoms with Crippen LogP contribution in [-0.4, -0.2) is 39.3 Å². The molecule has 0 spiro atoms. The highest BCUT2D eigenvalue weighted by Crippen LogP contribution is 2.20. The van der Waals surface area contributed by atoms with Gasteiger partial charge in [0.1, 0.15) is 0 Å². The molecule has 0 aliphatic carbocycles. The summed E-state index contributed by atoms with van der Waals surface area (Å²) in [6.07, 6.45) is 1.45. The maximum atomic E-state index is 12.0. The Hall–Kier alpha value is -1.11. The van der Waals surface area contributed by atoms with Crippen molar-refractivity contribution in [3.05, 3.63) is 24.3 Å². The largest absolute Gasteiger partial charge is 0.396 e. The standard InChI is InChI=1S/C15H26N2O3S/c1-4-10-16-21(19,20)15-8-6-14(7-9-15)17(13(2)3)11-5-12-18/h6-9,13,16,18H,4-5,10-12H2,1-3H3. The van der Waals surface area contributed by atoms with Crippen LogP contribution in [0.15, 0.2) is 29.2 Å². The molecule has 0 bridgehead atoms. The molecular weight excluding hydrogens is 288 g/mol. The highest BCUT2D eigenvalue weighted by molar-refractivity contribution is 7.89. The van der Waals surface area contributed by atoms with Crippen molar-refractivity contribution in [2.24, 2.45) is 0 Å². The number of nitrogens with zero attached hydrogens (tertiary/aromatic N) is 1. The van der Waals surface area contributed by atoms with Crippen LogP contribution in [0.2, 0.25) is 0 Å². The molecule has 0 amide bonds. The van der Waals surface area contributed by atoms with Crippen molar-refractivity contribution < 1.29 is 13.5 Å². The van der Waals surface area contributed by atoms with Gasteiger partial charge in [-0.25, -0.2) is 13.1 Å². The first-order chi connectivity index (χ1) is 9.92. The molecule has 120 valence electrons. The summed E-state index contributed by atoms with van der Waals surface area (Å²) in [4.78, 5) is 2.43. The number of nitrogens with one attached hydrogen (secondary N) is 1. The van der Waals surface area contributed by atoms with Gasteiger partial charge in [-0.1, -0.05) is 6.92 Å². The third-order valence-corrected chi connectivity index (χ3v) is 4.68. The molecule has 1 aromatic carbocycles. The zero-order chi connectivity index (χ0) is 15.9. The van der Waals surface area contributed by atoms with Gasteiger partial charge < -0.3 is 10.0 Å². The van der Waals surface area contributed by atoms with Crippen molar-refractivity contribution >= 4 is 15.7 Å². The Morgan fingerprint density at radius 3 is 2.33 bits per heavy atom. The fourth-order valence-electron chi connectivity index (χ4n) is 2.06. The molecule has 0 unspecified atom stereocenters. The molecule has 21 heavy (non-hydrogen) atoms. The lowest BCUT2D eigenvalue weighted by Gasteiger charge is -2.29. The summed E-state index contributed by atoms with van der Waals surface area (Å²) in [6.45, 7) is 7.41. The number of sulfonamides is 1. The van der Waals surface area contributed by atoms with Gasteiger partial charge in [0.15, 0.2) is 0 Å². The number of hydrogen-bond donors (Lipinski definition) is 2. The van der Waals surface area contributed by atoms with E-state index in [4.69, 9.17) is 5.11 Å². The SMILES string of the molecule is CCCNS(=O)(=O)c1ccc(N(CCCO)C(C)C)cc1. The van der Waals surface area contributed by atoms with Gasteiger partial charge in [-0.3, -0.25) is 0 Å². The molecule has 0 saturated carbocycles. The Labute approximate surface area is 128 Å². The highest BCUT2D eigenvalue weighted by atomic mass is 32.2. The molecular formula is C15H26N2O3S. The first-order valence-corrected chi connectivity index (χ1v) is 8.88. The number of rotatable bonds is 9. The van der Waals surface area contributed by atoms with E-state index in [9.17, 15) is 8.42 Å². The number of benzene rings is 1. The summed E-state index contributed by atoms with van der Waals surface area (Å²) in [5.41, 5.74) is 0.966. The Morgan fingerprint density at radius 2 is 1.86 bits per heavy atom. The van der Waals surface area contributed by atoms with Crippen molar-refractivity contribution in [1.29, 1.82) is 0 Å². The van der Waals surface area contributed by atoms with Gasteiger partial charge >= 0.3 is 0 Å². The van der Waals surface area contributed by atoms with E-state index >= 15 is 0 Å². The van der Waals surface area contributed by atoms with Crippen LogP contribution >= 0.6 is 0 Å². The number of anilines is 1. The predicted molar refractivity (Wildman–Crippen MR) is 86.1 cm³/mol. The van der Waals surface area contributed by atoms with Crippen LogP contribution in [0.3, 0.4) is 0 Å². The zero-order valence-corrected chi connectivity index (χ0v) is 13.9. The zero-order valence-electron chi connectivity index (χ0n) is 13.0. The Bertz CT molecular complexity index is 512. The molecule has 0 atom stereocenters. The lowest BCUT2D eigenvalue weighted by atomic mass is 10.2. The second kappa shape index (κ2) is 8.36. The summed E-state index contributed by atoms with van der Waals surface area (Å²) in [6, 6.07) is 7.18. The summed E-state index contributed by atoms with van der Waals surface area (Å²) >= 11 is 0. The van der Waals surface area contributed by atoms with Crippen molar-refractivity contribution in [3.8, 4) is 0 Å². The molecule has 0 radical (unpaired) electrons. The minimum Gasteiger partial charge on any atom is -0.396 e. The molecule has 0 aliphatic rings. The van der Waals surface area contributed by atoms with E-state index in [1.165, 1.54) is 0 Å². The van der Waals surface area contributed by atoms with E-state index in [0.717, 1.165) is 18.7 Å². The van der Waals surface area contributed by atoms with Gasteiger partial charge in [0.25, 0.3) is 0 Å². The van der Waals surface area contributed by atoms with E-state index in [-0.39, 0.29) is 17.5 Å². The van der Waals surface area contributed by atoms with Crippen LogP contribution in [-0.2, 0) is 10.0 Å². The Balaban J connectivity index is 2.89. The topological polar surface area (TPSA) is 69.6 Å². The lowest BCUT2D eigenvalue weighted by Crippen LogP contribution is -2.32. The molecule has 5 nitrogen and oxygen atoms in total. The normalized spacial score (nSPS) is 11.9. The lowest BCUT2D eigenvalue weighted by molar-refractivity contribution is 0.288. The van der Waals surface area contributed by atoms with Crippen molar-refractivity contribution in [2.75, 3.05) is 24.6 Å². The van der Waals surface area contributed by atoms with Crippen LogP contribution in [0.5, 0.6) is 0 Å². The number of aliphatic hydroxyl groups is 1. The molecule has 1 rings (SSSR count). The first-order valence-electron chi connectivity index (χ1n) is 7.39. The maximum absolute atomic E-state index is 12.0. The van der Waals surface area contributed by atoms with Crippen LogP contribution in [0.4, 0.5) is 5.69 Å². The van der Waals surface area contributed by atoms with Crippen LogP contribution < -0.4 is 9.62 Å². The van der Waals surface area contributed by atoms with Crippen molar-refractivity contribution in [1.82, 2.24) is 4.72 Å². The average molecular weight is 314 g/mol. The van der Waals surface area contributed by atoms with Gasteiger partial charge in [0.05, 0.1) is 4.90 Å². The second-order valence-electron chi connectivity index (χ2n) is 5.26. The Morgan fingerprint density at radius 1 is 1.24 bits per heavy atom. The van der Waals surface area contributed by atoms with E-state index in [0.29, 0.717) is 13.0 Å². The molecule has 0 aromatic heterocycles. The van der Waals surface area contributed by atoms with Crippen LogP contribution in [0.1, 0.15) is 33.6 Å². The Kier molecular flexibility index (Phi) is 7.14.